The molecule has 1 aliphatic rings. The number of carbonyl (C=O) groups is 2. The summed E-state index contributed by atoms with van der Waals surface area (Å²) in [6.07, 6.45) is 4.68. The SMILES string of the molecule is COC(=O)C=Cc1ccc(CN2C[C@@H](C)N(C(=O)c3ccco3)[C@@H](C)C2)cc1. The zero-order valence-electron chi connectivity index (χ0n) is 16.5. The predicted molar refractivity (Wildman–Crippen MR) is 107 cm³/mol. The zero-order chi connectivity index (χ0) is 20.1. The highest BCUT2D eigenvalue weighted by molar-refractivity contribution is 5.92. The van der Waals surface area contributed by atoms with E-state index in [0.29, 0.717) is 5.76 Å². The van der Waals surface area contributed by atoms with Gasteiger partial charge in [0.1, 0.15) is 0 Å². The molecule has 6 heteroatoms. The fourth-order valence-electron chi connectivity index (χ4n) is 3.71. The van der Waals surface area contributed by atoms with Crippen LogP contribution in [0.25, 0.3) is 6.08 Å². The molecule has 1 aromatic carbocycles. The van der Waals surface area contributed by atoms with Crippen LogP contribution in [0, 0.1) is 0 Å². The first-order chi connectivity index (χ1) is 13.5. The minimum absolute atomic E-state index is 0.0496. The average Bonchev–Trinajstić information content (AvgIpc) is 3.21. The Kier molecular flexibility index (Phi) is 6.31. The van der Waals surface area contributed by atoms with Gasteiger partial charge >= 0.3 is 5.97 Å². The first kappa shape index (κ1) is 19.9. The number of carbonyl (C=O) groups excluding carboxylic acids is 2. The van der Waals surface area contributed by atoms with E-state index in [4.69, 9.17) is 4.42 Å². The van der Waals surface area contributed by atoms with Gasteiger partial charge < -0.3 is 14.1 Å². The highest BCUT2D eigenvalue weighted by Crippen LogP contribution is 2.21. The van der Waals surface area contributed by atoms with E-state index >= 15 is 0 Å². The normalized spacial score (nSPS) is 20.5. The molecule has 0 N–H and O–H groups in total. The van der Waals surface area contributed by atoms with E-state index in [1.165, 1.54) is 25.0 Å². The van der Waals surface area contributed by atoms with E-state index in [9.17, 15) is 9.59 Å². The third kappa shape index (κ3) is 4.70. The van der Waals surface area contributed by atoms with Gasteiger partial charge in [-0.1, -0.05) is 24.3 Å². The largest absolute Gasteiger partial charge is 0.466 e. The molecular formula is C22H26N2O4. The monoisotopic (exact) mass is 382 g/mol. The van der Waals surface area contributed by atoms with Gasteiger partial charge in [-0.05, 0) is 43.2 Å². The summed E-state index contributed by atoms with van der Waals surface area (Å²) in [6.45, 7) is 6.58. The molecule has 2 aromatic rings. The van der Waals surface area contributed by atoms with E-state index in [1.807, 2.05) is 17.0 Å². The van der Waals surface area contributed by atoms with Crippen molar-refractivity contribution in [2.45, 2.75) is 32.5 Å². The topological polar surface area (TPSA) is 63.0 Å². The molecule has 0 spiro atoms. The molecule has 0 bridgehead atoms. The van der Waals surface area contributed by atoms with Gasteiger partial charge in [-0.25, -0.2) is 4.79 Å². The maximum atomic E-state index is 12.7. The van der Waals surface area contributed by atoms with E-state index < -0.39 is 0 Å². The van der Waals surface area contributed by atoms with Crippen LogP contribution in [0.1, 0.15) is 35.5 Å². The molecule has 0 aliphatic carbocycles. The molecule has 1 aromatic heterocycles. The van der Waals surface area contributed by atoms with Crippen molar-refractivity contribution >= 4 is 18.0 Å². The summed E-state index contributed by atoms with van der Waals surface area (Å²) in [7, 11) is 1.36. The second-order valence-electron chi connectivity index (χ2n) is 7.18. The molecule has 1 amide bonds. The van der Waals surface area contributed by atoms with Crippen LogP contribution in [-0.2, 0) is 16.1 Å². The summed E-state index contributed by atoms with van der Waals surface area (Å²) in [4.78, 5) is 28.1. The van der Waals surface area contributed by atoms with Crippen molar-refractivity contribution in [2.24, 2.45) is 0 Å². The summed E-state index contributed by atoms with van der Waals surface area (Å²) in [6, 6.07) is 11.7. The molecule has 6 nitrogen and oxygen atoms in total. The summed E-state index contributed by atoms with van der Waals surface area (Å²) >= 11 is 0. The number of methoxy groups -OCH3 is 1. The molecule has 28 heavy (non-hydrogen) atoms. The molecule has 3 rings (SSSR count). The second-order valence-corrected chi connectivity index (χ2v) is 7.18. The average molecular weight is 382 g/mol. The van der Waals surface area contributed by atoms with Gasteiger partial charge in [-0.2, -0.15) is 0 Å². The lowest BCUT2D eigenvalue weighted by Crippen LogP contribution is -2.58. The smallest absolute Gasteiger partial charge is 0.330 e. The minimum atomic E-state index is -0.367. The van der Waals surface area contributed by atoms with Crippen LogP contribution < -0.4 is 0 Å². The summed E-state index contributed by atoms with van der Waals surface area (Å²) in [5.74, 6) is -0.0248. The Hall–Kier alpha value is -2.86. The van der Waals surface area contributed by atoms with Crippen LogP contribution in [0.15, 0.2) is 53.2 Å². The van der Waals surface area contributed by atoms with Crippen LogP contribution in [0.5, 0.6) is 0 Å². The molecule has 2 heterocycles. The molecule has 148 valence electrons. The Morgan fingerprint density at radius 2 is 1.82 bits per heavy atom. The number of hydrogen-bond acceptors (Lipinski definition) is 5. The van der Waals surface area contributed by atoms with E-state index in [-0.39, 0.29) is 24.0 Å². The molecule has 1 saturated heterocycles. The summed E-state index contributed by atoms with van der Waals surface area (Å²) in [5.41, 5.74) is 2.14. The van der Waals surface area contributed by atoms with Gasteiger partial charge in [0.05, 0.1) is 13.4 Å². The molecule has 1 aliphatic heterocycles. The minimum Gasteiger partial charge on any atom is -0.466 e. The number of hydrogen-bond donors (Lipinski definition) is 0. The van der Waals surface area contributed by atoms with Crippen LogP contribution in [0.4, 0.5) is 0 Å². The quantitative estimate of drug-likeness (QED) is 0.587. The number of nitrogens with zero attached hydrogens (tertiary/aromatic N) is 2. The Morgan fingerprint density at radius 3 is 2.39 bits per heavy atom. The van der Waals surface area contributed by atoms with E-state index in [0.717, 1.165) is 25.2 Å². The van der Waals surface area contributed by atoms with Crippen molar-refractivity contribution in [3.05, 3.63) is 65.6 Å². The Labute approximate surface area is 165 Å². The second kappa shape index (κ2) is 8.89. The van der Waals surface area contributed by atoms with Gasteiger partial charge in [0, 0.05) is 37.8 Å². The van der Waals surface area contributed by atoms with Gasteiger partial charge in [-0.15, -0.1) is 0 Å². The maximum Gasteiger partial charge on any atom is 0.330 e. The molecule has 1 fully saturated rings. The highest BCUT2D eigenvalue weighted by Gasteiger charge is 2.34. The standard InChI is InChI=1S/C22H26N2O4/c1-16-13-23(14-17(2)24(16)22(26)20-5-4-12-28-20)15-19-8-6-18(7-9-19)10-11-21(25)27-3/h4-12,16-17H,13-15H2,1-3H3/t16-,17+. The van der Waals surface area contributed by atoms with Crippen molar-refractivity contribution in [3.63, 3.8) is 0 Å². The third-order valence-corrected chi connectivity index (χ3v) is 4.96. The van der Waals surface area contributed by atoms with Crippen molar-refractivity contribution in [3.8, 4) is 0 Å². The van der Waals surface area contributed by atoms with Crippen LogP contribution in [0.2, 0.25) is 0 Å². The van der Waals surface area contributed by atoms with Crippen LogP contribution >= 0.6 is 0 Å². The predicted octanol–water partition coefficient (Wildman–Crippen LogP) is 3.20. The molecule has 0 saturated carbocycles. The fraction of sp³-hybridized carbons (Fsp3) is 0.364. The number of esters is 1. The molecule has 0 unspecified atom stereocenters. The van der Waals surface area contributed by atoms with Gasteiger partial charge in [0.25, 0.3) is 5.91 Å². The van der Waals surface area contributed by atoms with Crippen molar-refractivity contribution in [1.82, 2.24) is 9.80 Å². The summed E-state index contributed by atoms with van der Waals surface area (Å²) < 4.78 is 9.88. The lowest BCUT2D eigenvalue weighted by atomic mass is 10.1. The zero-order valence-corrected chi connectivity index (χ0v) is 16.5. The molecule has 0 radical (unpaired) electrons. The molecule has 2 atom stereocenters. The first-order valence-corrected chi connectivity index (χ1v) is 9.41. The van der Waals surface area contributed by atoms with Crippen molar-refractivity contribution in [1.29, 1.82) is 0 Å². The lowest BCUT2D eigenvalue weighted by Gasteiger charge is -2.44. The Balaban J connectivity index is 1.60. The van der Waals surface area contributed by atoms with Gasteiger partial charge in [0.15, 0.2) is 5.76 Å². The van der Waals surface area contributed by atoms with Gasteiger partial charge in [-0.3, -0.25) is 9.69 Å². The van der Waals surface area contributed by atoms with Crippen molar-refractivity contribution < 1.29 is 18.7 Å². The van der Waals surface area contributed by atoms with Gasteiger partial charge in [0.2, 0.25) is 0 Å². The number of rotatable bonds is 5. The number of ether oxygens (including phenoxy) is 1. The number of furan rings is 1. The van der Waals surface area contributed by atoms with Crippen LogP contribution in [0.3, 0.4) is 0 Å². The first-order valence-electron chi connectivity index (χ1n) is 9.41. The maximum absolute atomic E-state index is 12.7. The number of piperazine rings is 1. The lowest BCUT2D eigenvalue weighted by molar-refractivity contribution is -0.134. The Bertz CT molecular complexity index is 815. The highest BCUT2D eigenvalue weighted by atomic mass is 16.5. The fourth-order valence-corrected chi connectivity index (χ4v) is 3.71. The molecular weight excluding hydrogens is 356 g/mol. The Morgan fingerprint density at radius 1 is 1.14 bits per heavy atom. The summed E-state index contributed by atoms with van der Waals surface area (Å²) in [5, 5.41) is 0. The van der Waals surface area contributed by atoms with Crippen molar-refractivity contribution in [2.75, 3.05) is 20.2 Å². The number of amides is 1. The number of benzene rings is 1. The van der Waals surface area contributed by atoms with E-state index in [1.54, 1.807) is 18.2 Å². The third-order valence-electron chi connectivity index (χ3n) is 4.96. The van der Waals surface area contributed by atoms with E-state index in [2.05, 4.69) is 35.6 Å². The van der Waals surface area contributed by atoms with Crippen LogP contribution in [-0.4, -0.2) is 54.0 Å².